The number of rotatable bonds is 5. The fraction of sp³-hybridized carbons (Fsp3) is 0.118. The van der Waals surface area contributed by atoms with Gasteiger partial charge in [-0.25, -0.2) is 19.2 Å². The molecule has 0 fully saturated rings. The molecular formula is C17H13FN2O2S2. The highest BCUT2D eigenvalue weighted by Crippen LogP contribution is 2.30. The average molecular weight is 360 g/mol. The van der Waals surface area contributed by atoms with E-state index in [2.05, 4.69) is 9.97 Å². The number of benzene rings is 1. The Morgan fingerprint density at radius 3 is 2.79 bits per heavy atom. The molecule has 7 heteroatoms. The lowest BCUT2D eigenvalue weighted by Gasteiger charge is -2.09. The van der Waals surface area contributed by atoms with Crippen LogP contribution >= 0.6 is 23.1 Å². The summed E-state index contributed by atoms with van der Waals surface area (Å²) in [4.78, 5) is 21.2. The van der Waals surface area contributed by atoms with Gasteiger partial charge in [-0.05, 0) is 36.1 Å². The number of aromatic carboxylic acids is 1. The number of thioether (sulfide) groups is 1. The van der Waals surface area contributed by atoms with Crippen molar-refractivity contribution >= 4 is 29.1 Å². The Balaban J connectivity index is 1.96. The molecule has 1 N–H and O–H groups in total. The van der Waals surface area contributed by atoms with Crippen LogP contribution < -0.4 is 0 Å². The second-order valence-corrected chi connectivity index (χ2v) is 6.93. The second kappa shape index (κ2) is 7.11. The molecule has 122 valence electrons. The minimum absolute atomic E-state index is 0.0942. The molecule has 0 aliphatic heterocycles. The predicted molar refractivity (Wildman–Crippen MR) is 93.0 cm³/mol. The van der Waals surface area contributed by atoms with Gasteiger partial charge in [0.15, 0.2) is 5.82 Å². The van der Waals surface area contributed by atoms with Crippen LogP contribution in [0.1, 0.15) is 21.6 Å². The van der Waals surface area contributed by atoms with E-state index in [-0.39, 0.29) is 11.4 Å². The SMILES string of the molecule is Cc1nc(-c2cccs2)nc(SCc2cccc(F)c2)c1C(=O)O. The number of carboxylic acids is 1. The van der Waals surface area contributed by atoms with Crippen molar-refractivity contribution in [2.75, 3.05) is 0 Å². The maximum Gasteiger partial charge on any atom is 0.340 e. The first kappa shape index (κ1) is 16.6. The molecule has 3 aromatic rings. The molecule has 0 amide bonds. The van der Waals surface area contributed by atoms with Gasteiger partial charge in [-0.2, -0.15) is 0 Å². The van der Waals surface area contributed by atoms with Crippen LogP contribution in [-0.2, 0) is 5.75 Å². The smallest absolute Gasteiger partial charge is 0.340 e. The van der Waals surface area contributed by atoms with Gasteiger partial charge in [-0.1, -0.05) is 18.2 Å². The van der Waals surface area contributed by atoms with Crippen molar-refractivity contribution in [1.29, 1.82) is 0 Å². The molecule has 0 bridgehead atoms. The average Bonchev–Trinajstić information content (AvgIpc) is 3.06. The number of carbonyl (C=O) groups is 1. The van der Waals surface area contributed by atoms with Crippen molar-refractivity contribution in [2.45, 2.75) is 17.7 Å². The van der Waals surface area contributed by atoms with E-state index in [1.807, 2.05) is 17.5 Å². The van der Waals surface area contributed by atoms with Crippen LogP contribution in [0.15, 0.2) is 46.8 Å². The summed E-state index contributed by atoms with van der Waals surface area (Å²) in [6.07, 6.45) is 0. The summed E-state index contributed by atoms with van der Waals surface area (Å²) in [5.74, 6) is -0.441. The number of hydrogen-bond donors (Lipinski definition) is 1. The first-order valence-electron chi connectivity index (χ1n) is 7.07. The van der Waals surface area contributed by atoms with Crippen LogP contribution in [0, 0.1) is 12.7 Å². The third kappa shape index (κ3) is 3.63. The highest BCUT2D eigenvalue weighted by atomic mass is 32.2. The van der Waals surface area contributed by atoms with E-state index >= 15 is 0 Å². The number of carboxylic acid groups (broad SMARTS) is 1. The number of thiophene rings is 1. The van der Waals surface area contributed by atoms with Crippen molar-refractivity contribution < 1.29 is 14.3 Å². The molecule has 0 spiro atoms. The van der Waals surface area contributed by atoms with Gasteiger partial charge in [0.05, 0.1) is 10.6 Å². The molecule has 1 aromatic carbocycles. The molecule has 0 radical (unpaired) electrons. The Morgan fingerprint density at radius 1 is 1.29 bits per heavy atom. The summed E-state index contributed by atoms with van der Waals surface area (Å²) in [6, 6.07) is 10.0. The second-order valence-electron chi connectivity index (χ2n) is 5.01. The van der Waals surface area contributed by atoms with Gasteiger partial charge in [0.2, 0.25) is 0 Å². The number of aryl methyl sites for hydroxylation is 1. The maximum absolute atomic E-state index is 13.3. The zero-order valence-electron chi connectivity index (χ0n) is 12.7. The minimum Gasteiger partial charge on any atom is -0.478 e. The molecule has 0 atom stereocenters. The van der Waals surface area contributed by atoms with Crippen LogP contribution in [0.3, 0.4) is 0 Å². The Kier molecular flexibility index (Phi) is 4.92. The summed E-state index contributed by atoms with van der Waals surface area (Å²) in [6.45, 7) is 1.66. The highest BCUT2D eigenvalue weighted by molar-refractivity contribution is 7.98. The van der Waals surface area contributed by atoms with E-state index in [9.17, 15) is 14.3 Å². The van der Waals surface area contributed by atoms with Gasteiger partial charge < -0.3 is 5.11 Å². The third-order valence-electron chi connectivity index (χ3n) is 3.28. The predicted octanol–water partition coefficient (Wildman–Crippen LogP) is 4.64. The Morgan fingerprint density at radius 2 is 2.12 bits per heavy atom. The lowest BCUT2D eigenvalue weighted by molar-refractivity contribution is 0.0690. The van der Waals surface area contributed by atoms with Gasteiger partial charge in [0.25, 0.3) is 0 Å². The maximum atomic E-state index is 13.3. The number of aromatic nitrogens is 2. The van der Waals surface area contributed by atoms with Crippen LogP contribution in [0.4, 0.5) is 4.39 Å². The fourth-order valence-corrected chi connectivity index (χ4v) is 3.86. The van der Waals surface area contributed by atoms with Crippen LogP contribution in [0.25, 0.3) is 10.7 Å². The standard InChI is InChI=1S/C17H13FN2O2S2/c1-10-14(17(21)22)16(20-15(19-10)13-6-3-7-23-13)24-9-11-4-2-5-12(18)8-11/h2-8H,9H2,1H3,(H,21,22). The summed E-state index contributed by atoms with van der Waals surface area (Å²) in [7, 11) is 0. The zero-order valence-corrected chi connectivity index (χ0v) is 14.3. The lowest BCUT2D eigenvalue weighted by Crippen LogP contribution is -2.08. The zero-order chi connectivity index (χ0) is 17.1. The number of hydrogen-bond acceptors (Lipinski definition) is 5. The molecule has 0 aliphatic carbocycles. The summed E-state index contributed by atoms with van der Waals surface area (Å²) < 4.78 is 13.3. The molecule has 2 aromatic heterocycles. The minimum atomic E-state index is -1.06. The van der Waals surface area contributed by atoms with Crippen LogP contribution in [0.5, 0.6) is 0 Å². The molecule has 3 rings (SSSR count). The molecule has 0 saturated carbocycles. The van der Waals surface area contributed by atoms with Crippen molar-refractivity contribution in [1.82, 2.24) is 9.97 Å². The third-order valence-corrected chi connectivity index (χ3v) is 5.19. The monoisotopic (exact) mass is 360 g/mol. The number of nitrogens with zero attached hydrogens (tertiary/aromatic N) is 2. The molecule has 0 saturated heterocycles. The van der Waals surface area contributed by atoms with Gasteiger partial charge in [0, 0.05) is 5.75 Å². The van der Waals surface area contributed by atoms with E-state index in [0.717, 1.165) is 10.4 Å². The topological polar surface area (TPSA) is 63.1 Å². The van der Waals surface area contributed by atoms with Gasteiger partial charge in [-0.15, -0.1) is 23.1 Å². The normalized spacial score (nSPS) is 10.8. The molecule has 0 unspecified atom stereocenters. The first-order valence-corrected chi connectivity index (χ1v) is 8.94. The van der Waals surface area contributed by atoms with E-state index in [1.165, 1.54) is 35.2 Å². The summed E-state index contributed by atoms with van der Waals surface area (Å²) in [5.41, 5.74) is 1.28. The Labute approximate surface area is 146 Å². The first-order chi connectivity index (χ1) is 11.5. The van der Waals surface area contributed by atoms with Gasteiger partial charge in [0.1, 0.15) is 16.4 Å². The quantitative estimate of drug-likeness (QED) is 0.530. The lowest BCUT2D eigenvalue weighted by atomic mass is 10.2. The van der Waals surface area contributed by atoms with Gasteiger partial charge >= 0.3 is 5.97 Å². The summed E-state index contributed by atoms with van der Waals surface area (Å²) >= 11 is 2.76. The van der Waals surface area contributed by atoms with Crippen molar-refractivity contribution in [3.05, 3.63) is 64.4 Å². The Bertz CT molecular complexity index is 882. The van der Waals surface area contributed by atoms with Crippen molar-refractivity contribution in [3.63, 3.8) is 0 Å². The van der Waals surface area contributed by atoms with Crippen molar-refractivity contribution in [2.24, 2.45) is 0 Å². The van der Waals surface area contributed by atoms with Crippen LogP contribution in [-0.4, -0.2) is 21.0 Å². The van der Waals surface area contributed by atoms with Gasteiger partial charge in [-0.3, -0.25) is 0 Å². The van der Waals surface area contributed by atoms with E-state index in [1.54, 1.807) is 19.1 Å². The highest BCUT2D eigenvalue weighted by Gasteiger charge is 2.19. The fourth-order valence-electron chi connectivity index (χ4n) is 2.19. The van der Waals surface area contributed by atoms with Crippen molar-refractivity contribution in [3.8, 4) is 10.7 Å². The van der Waals surface area contributed by atoms with E-state index < -0.39 is 5.97 Å². The van der Waals surface area contributed by atoms with E-state index in [4.69, 9.17) is 0 Å². The Hall–Kier alpha value is -2.25. The largest absolute Gasteiger partial charge is 0.478 e. The molecule has 4 nitrogen and oxygen atoms in total. The summed E-state index contributed by atoms with van der Waals surface area (Å²) in [5, 5.41) is 11.8. The molecule has 24 heavy (non-hydrogen) atoms. The van der Waals surface area contributed by atoms with Crippen LogP contribution in [0.2, 0.25) is 0 Å². The molecular weight excluding hydrogens is 347 g/mol. The van der Waals surface area contributed by atoms with E-state index in [0.29, 0.717) is 22.3 Å². The number of halogens is 1. The molecule has 2 heterocycles. The molecule has 0 aliphatic rings.